The lowest BCUT2D eigenvalue weighted by Crippen LogP contribution is -2.43. The summed E-state index contributed by atoms with van der Waals surface area (Å²) in [6, 6.07) is 8.46. The van der Waals surface area contributed by atoms with Crippen LogP contribution in [-0.2, 0) is 11.3 Å². The Morgan fingerprint density at radius 2 is 2.09 bits per heavy atom. The molecule has 0 spiro atoms. The zero-order chi connectivity index (χ0) is 16.2. The molecule has 3 rings (SSSR count). The number of benzene rings is 1. The summed E-state index contributed by atoms with van der Waals surface area (Å²) >= 11 is 0. The van der Waals surface area contributed by atoms with Gasteiger partial charge in [-0.2, -0.15) is 0 Å². The SMILES string of the molecule is CC(C)C(=O)N(Cc1ccccc1OCC1CC1)[C@H]1CCNC1. The molecule has 2 aliphatic rings. The molecule has 1 aliphatic heterocycles. The van der Waals surface area contributed by atoms with Crippen molar-refractivity contribution >= 4 is 5.91 Å². The quantitative estimate of drug-likeness (QED) is 0.841. The lowest BCUT2D eigenvalue weighted by atomic mass is 10.1. The maximum absolute atomic E-state index is 12.7. The van der Waals surface area contributed by atoms with E-state index in [1.165, 1.54) is 12.8 Å². The van der Waals surface area contributed by atoms with Gasteiger partial charge >= 0.3 is 0 Å². The van der Waals surface area contributed by atoms with Gasteiger partial charge in [-0.1, -0.05) is 32.0 Å². The molecular weight excluding hydrogens is 288 g/mol. The van der Waals surface area contributed by atoms with Crippen LogP contribution in [0, 0.1) is 11.8 Å². The van der Waals surface area contributed by atoms with Gasteiger partial charge in [-0.3, -0.25) is 4.79 Å². The molecule has 1 saturated carbocycles. The largest absolute Gasteiger partial charge is 0.493 e. The number of para-hydroxylation sites is 1. The Hall–Kier alpha value is -1.55. The van der Waals surface area contributed by atoms with Crippen LogP contribution in [0.5, 0.6) is 5.75 Å². The van der Waals surface area contributed by atoms with Gasteiger partial charge in [0, 0.05) is 30.6 Å². The van der Waals surface area contributed by atoms with E-state index in [2.05, 4.69) is 11.4 Å². The van der Waals surface area contributed by atoms with Crippen LogP contribution >= 0.6 is 0 Å². The lowest BCUT2D eigenvalue weighted by molar-refractivity contribution is -0.137. The topological polar surface area (TPSA) is 41.6 Å². The van der Waals surface area contributed by atoms with Crippen LogP contribution < -0.4 is 10.1 Å². The summed E-state index contributed by atoms with van der Waals surface area (Å²) in [4.78, 5) is 14.7. The number of nitrogens with one attached hydrogen (secondary N) is 1. The third-order valence-corrected chi connectivity index (χ3v) is 4.74. The molecule has 0 aromatic heterocycles. The van der Waals surface area contributed by atoms with Crippen molar-refractivity contribution in [1.82, 2.24) is 10.2 Å². The number of rotatable bonds is 7. The van der Waals surface area contributed by atoms with Crippen molar-refractivity contribution in [2.45, 2.75) is 45.7 Å². The van der Waals surface area contributed by atoms with Crippen LogP contribution in [0.4, 0.5) is 0 Å². The minimum Gasteiger partial charge on any atom is -0.493 e. The Kier molecular flexibility index (Phi) is 5.21. The molecule has 4 nitrogen and oxygen atoms in total. The number of carbonyl (C=O) groups is 1. The van der Waals surface area contributed by atoms with Crippen LogP contribution in [-0.4, -0.2) is 36.5 Å². The van der Waals surface area contributed by atoms with Gasteiger partial charge in [0.2, 0.25) is 5.91 Å². The Morgan fingerprint density at radius 3 is 2.74 bits per heavy atom. The number of ether oxygens (including phenoxy) is 1. The Morgan fingerprint density at radius 1 is 1.30 bits per heavy atom. The number of hydrogen-bond donors (Lipinski definition) is 1. The smallest absolute Gasteiger partial charge is 0.225 e. The van der Waals surface area contributed by atoms with Crippen molar-refractivity contribution in [3.63, 3.8) is 0 Å². The third kappa shape index (κ3) is 4.25. The molecule has 126 valence electrons. The second-order valence-electron chi connectivity index (χ2n) is 7.13. The Balaban J connectivity index is 1.74. The molecule has 1 atom stereocenters. The van der Waals surface area contributed by atoms with E-state index in [0.717, 1.165) is 43.3 Å². The molecule has 0 radical (unpaired) electrons. The number of amides is 1. The average Bonchev–Trinajstić information content (AvgIpc) is 3.23. The summed E-state index contributed by atoms with van der Waals surface area (Å²) in [5.41, 5.74) is 1.12. The standard InChI is InChI=1S/C19H28N2O2/c1-14(2)19(22)21(17-9-10-20-11-17)12-16-5-3-4-6-18(16)23-13-15-7-8-15/h3-6,14-15,17,20H,7-13H2,1-2H3/t17-/m0/s1. The molecule has 23 heavy (non-hydrogen) atoms. The molecular formula is C19H28N2O2. The maximum Gasteiger partial charge on any atom is 0.225 e. The molecule has 1 aromatic carbocycles. The third-order valence-electron chi connectivity index (χ3n) is 4.74. The van der Waals surface area contributed by atoms with Crippen molar-refractivity contribution < 1.29 is 9.53 Å². The fourth-order valence-electron chi connectivity index (χ4n) is 3.07. The first-order valence-electron chi connectivity index (χ1n) is 8.87. The lowest BCUT2D eigenvalue weighted by Gasteiger charge is -2.31. The van der Waals surface area contributed by atoms with E-state index in [1.807, 2.05) is 36.9 Å². The fourth-order valence-corrected chi connectivity index (χ4v) is 3.07. The number of carbonyl (C=O) groups excluding carboxylic acids is 1. The van der Waals surface area contributed by atoms with Crippen molar-refractivity contribution in [1.29, 1.82) is 0 Å². The zero-order valence-electron chi connectivity index (χ0n) is 14.3. The first-order valence-corrected chi connectivity index (χ1v) is 8.87. The van der Waals surface area contributed by atoms with E-state index in [0.29, 0.717) is 12.6 Å². The van der Waals surface area contributed by atoms with Crippen molar-refractivity contribution in [2.24, 2.45) is 11.8 Å². The highest BCUT2D eigenvalue weighted by Gasteiger charge is 2.29. The number of hydrogen-bond acceptors (Lipinski definition) is 3. The van der Waals surface area contributed by atoms with Gasteiger partial charge in [-0.05, 0) is 37.8 Å². The van der Waals surface area contributed by atoms with Gasteiger partial charge in [0.1, 0.15) is 5.75 Å². The highest BCUT2D eigenvalue weighted by molar-refractivity contribution is 5.78. The van der Waals surface area contributed by atoms with E-state index in [9.17, 15) is 4.79 Å². The van der Waals surface area contributed by atoms with Crippen LogP contribution in [0.15, 0.2) is 24.3 Å². The van der Waals surface area contributed by atoms with E-state index in [1.54, 1.807) is 0 Å². The van der Waals surface area contributed by atoms with E-state index < -0.39 is 0 Å². The van der Waals surface area contributed by atoms with Crippen LogP contribution in [0.1, 0.15) is 38.7 Å². The number of nitrogens with zero attached hydrogens (tertiary/aromatic N) is 1. The van der Waals surface area contributed by atoms with E-state index in [-0.39, 0.29) is 11.8 Å². The second kappa shape index (κ2) is 7.35. The van der Waals surface area contributed by atoms with Gasteiger partial charge in [0.05, 0.1) is 6.61 Å². The van der Waals surface area contributed by atoms with Gasteiger partial charge in [0.25, 0.3) is 0 Å². The normalized spacial score (nSPS) is 20.7. The highest BCUT2D eigenvalue weighted by Crippen LogP contribution is 2.31. The predicted octanol–water partition coefficient (Wildman–Crippen LogP) is 2.82. The van der Waals surface area contributed by atoms with Crippen LogP contribution in [0.3, 0.4) is 0 Å². The molecule has 0 unspecified atom stereocenters. The van der Waals surface area contributed by atoms with Crippen LogP contribution in [0.2, 0.25) is 0 Å². The van der Waals surface area contributed by atoms with E-state index >= 15 is 0 Å². The van der Waals surface area contributed by atoms with Crippen LogP contribution in [0.25, 0.3) is 0 Å². The highest BCUT2D eigenvalue weighted by atomic mass is 16.5. The molecule has 1 amide bonds. The summed E-state index contributed by atoms with van der Waals surface area (Å²) in [6.45, 7) is 7.29. The molecule has 0 bridgehead atoms. The summed E-state index contributed by atoms with van der Waals surface area (Å²) in [6.07, 6.45) is 3.60. The molecule has 1 N–H and O–H groups in total. The molecule has 1 aliphatic carbocycles. The van der Waals surface area contributed by atoms with Crippen molar-refractivity contribution in [3.05, 3.63) is 29.8 Å². The first-order chi connectivity index (χ1) is 11.1. The molecule has 2 fully saturated rings. The van der Waals surface area contributed by atoms with E-state index in [4.69, 9.17) is 4.74 Å². The predicted molar refractivity (Wildman–Crippen MR) is 91.3 cm³/mol. The summed E-state index contributed by atoms with van der Waals surface area (Å²) in [5.74, 6) is 1.92. The first kappa shape index (κ1) is 16.3. The second-order valence-corrected chi connectivity index (χ2v) is 7.13. The van der Waals surface area contributed by atoms with Crippen molar-refractivity contribution in [2.75, 3.05) is 19.7 Å². The van der Waals surface area contributed by atoms with Gasteiger partial charge in [-0.25, -0.2) is 0 Å². The molecule has 4 heteroatoms. The minimum absolute atomic E-state index is 0.0233. The summed E-state index contributed by atoms with van der Waals surface area (Å²) in [5, 5.41) is 3.37. The molecule has 1 saturated heterocycles. The Bertz CT molecular complexity index is 534. The Labute approximate surface area is 139 Å². The zero-order valence-corrected chi connectivity index (χ0v) is 14.3. The van der Waals surface area contributed by atoms with Gasteiger partial charge in [0.15, 0.2) is 0 Å². The summed E-state index contributed by atoms with van der Waals surface area (Å²) in [7, 11) is 0. The average molecular weight is 316 g/mol. The van der Waals surface area contributed by atoms with Gasteiger partial charge in [-0.15, -0.1) is 0 Å². The monoisotopic (exact) mass is 316 g/mol. The molecule has 1 aromatic rings. The van der Waals surface area contributed by atoms with Gasteiger partial charge < -0.3 is 15.0 Å². The van der Waals surface area contributed by atoms with Crippen molar-refractivity contribution in [3.8, 4) is 5.75 Å². The molecule has 1 heterocycles. The minimum atomic E-state index is 0.0233. The maximum atomic E-state index is 12.7. The fraction of sp³-hybridized carbons (Fsp3) is 0.632. The summed E-state index contributed by atoms with van der Waals surface area (Å²) < 4.78 is 6.01.